The van der Waals surface area contributed by atoms with E-state index in [4.69, 9.17) is 0 Å². The number of hydrogen-bond acceptors (Lipinski definition) is 9. The predicted octanol–water partition coefficient (Wildman–Crippen LogP) is 7.70. The van der Waals surface area contributed by atoms with Crippen molar-refractivity contribution >= 4 is 33.2 Å². The summed E-state index contributed by atoms with van der Waals surface area (Å²) in [6, 6.07) is 0. The Balaban J connectivity index is 0.000000154. The SMILES string of the molecule is Cc1nc(C)c2c(C)c(C)c(C)nc2n1.Cc1nc2nc(C)c(C)c(C)c2nc1C.Cc1nc2nnc(C)c(C)c2c(C)c1C. The fourth-order valence-electron chi connectivity index (χ4n) is 5.35. The minimum atomic E-state index is 0.763. The van der Waals surface area contributed by atoms with E-state index in [1.54, 1.807) is 0 Å². The van der Waals surface area contributed by atoms with Gasteiger partial charge in [0, 0.05) is 27.9 Å². The zero-order valence-corrected chi connectivity index (χ0v) is 29.5. The molecule has 6 aromatic rings. The highest BCUT2D eigenvalue weighted by Crippen LogP contribution is 2.25. The molecule has 0 atom stereocenters. The number of rotatable bonds is 0. The Hall–Kier alpha value is -4.53. The van der Waals surface area contributed by atoms with Gasteiger partial charge in [0.1, 0.15) is 11.3 Å². The number of pyridine rings is 3. The fraction of sp³-hybridized carbons (Fsp3) is 0.417. The van der Waals surface area contributed by atoms with Gasteiger partial charge < -0.3 is 0 Å². The molecule has 6 rings (SSSR count). The van der Waals surface area contributed by atoms with Crippen LogP contribution in [0.3, 0.4) is 0 Å². The van der Waals surface area contributed by atoms with Crippen molar-refractivity contribution in [2.75, 3.05) is 0 Å². The van der Waals surface area contributed by atoms with Crippen molar-refractivity contribution in [3.05, 3.63) is 84.6 Å². The topological polar surface area (TPSA) is 116 Å². The second-order valence-corrected chi connectivity index (χ2v) is 12.1. The Labute approximate surface area is 266 Å². The van der Waals surface area contributed by atoms with Crippen molar-refractivity contribution in [3.8, 4) is 0 Å². The number of nitrogens with zero attached hydrogens (tertiary/aromatic N) is 9. The molecule has 6 heterocycles. The summed E-state index contributed by atoms with van der Waals surface area (Å²) in [6.45, 7) is 30.6. The van der Waals surface area contributed by atoms with E-state index in [-0.39, 0.29) is 0 Å². The summed E-state index contributed by atoms with van der Waals surface area (Å²) in [6.07, 6.45) is 0. The highest BCUT2D eigenvalue weighted by Gasteiger charge is 2.12. The molecule has 0 radical (unpaired) electrons. The molecule has 6 aromatic heterocycles. The summed E-state index contributed by atoms with van der Waals surface area (Å²) in [5.41, 5.74) is 18.9. The van der Waals surface area contributed by atoms with Crippen LogP contribution in [0, 0.1) is 104 Å². The average Bonchev–Trinajstić information content (AvgIpc) is 2.97. The number of aromatic nitrogens is 9. The molecule has 0 N–H and O–H groups in total. The van der Waals surface area contributed by atoms with E-state index in [0.29, 0.717) is 0 Å². The number of aryl methyl sites for hydroxylation is 12. The monoisotopic (exact) mass is 603 g/mol. The van der Waals surface area contributed by atoms with Crippen molar-refractivity contribution in [1.29, 1.82) is 0 Å². The number of fused-ring (bicyclic) bond motifs is 3. The van der Waals surface area contributed by atoms with Gasteiger partial charge in [0.25, 0.3) is 0 Å². The second kappa shape index (κ2) is 12.8. The first kappa shape index (κ1) is 33.4. The van der Waals surface area contributed by atoms with Crippen LogP contribution in [0.2, 0.25) is 0 Å². The van der Waals surface area contributed by atoms with Gasteiger partial charge in [-0.2, -0.15) is 5.10 Å². The molecule has 0 spiro atoms. The molecule has 0 amide bonds. The van der Waals surface area contributed by atoms with Gasteiger partial charge in [-0.1, -0.05) is 0 Å². The van der Waals surface area contributed by atoms with Gasteiger partial charge in [-0.15, -0.1) is 5.10 Å². The Morgan fingerprint density at radius 1 is 0.267 bits per heavy atom. The molecule has 0 unspecified atom stereocenters. The van der Waals surface area contributed by atoms with Crippen LogP contribution >= 0.6 is 0 Å². The van der Waals surface area contributed by atoms with Crippen LogP contribution in [-0.2, 0) is 0 Å². The summed E-state index contributed by atoms with van der Waals surface area (Å²) in [5.74, 6) is 0.787. The van der Waals surface area contributed by atoms with E-state index < -0.39 is 0 Å². The first-order chi connectivity index (χ1) is 21.0. The maximum Gasteiger partial charge on any atom is 0.182 e. The molecular formula is C36H45N9. The normalized spacial score (nSPS) is 11.0. The molecule has 234 valence electrons. The lowest BCUT2D eigenvalue weighted by atomic mass is 10.0. The maximum atomic E-state index is 4.55. The molecule has 0 aliphatic rings. The molecule has 45 heavy (non-hydrogen) atoms. The summed E-state index contributed by atoms with van der Waals surface area (Å²) in [5, 5.41) is 10.5. The fourth-order valence-corrected chi connectivity index (χ4v) is 5.35. The van der Waals surface area contributed by atoms with Crippen LogP contribution in [0.15, 0.2) is 0 Å². The average molecular weight is 604 g/mol. The van der Waals surface area contributed by atoms with Crippen molar-refractivity contribution in [1.82, 2.24) is 45.1 Å². The van der Waals surface area contributed by atoms with Gasteiger partial charge in [-0.25, -0.2) is 34.9 Å². The minimum Gasteiger partial charge on any atom is -0.248 e. The molecule has 0 saturated heterocycles. The molecule has 0 aliphatic carbocycles. The van der Waals surface area contributed by atoms with Crippen molar-refractivity contribution in [3.63, 3.8) is 0 Å². The molecule has 0 fully saturated rings. The Morgan fingerprint density at radius 2 is 0.733 bits per heavy atom. The van der Waals surface area contributed by atoms with E-state index in [2.05, 4.69) is 93.6 Å². The largest absolute Gasteiger partial charge is 0.248 e. The van der Waals surface area contributed by atoms with Crippen LogP contribution in [-0.4, -0.2) is 45.1 Å². The third-order valence-corrected chi connectivity index (χ3v) is 9.15. The molecule has 0 aromatic carbocycles. The lowest BCUT2D eigenvalue weighted by molar-refractivity contribution is 0.971. The third kappa shape index (κ3) is 6.48. The van der Waals surface area contributed by atoms with Gasteiger partial charge in [-0.3, -0.25) is 0 Å². The first-order valence-electron chi connectivity index (χ1n) is 15.3. The van der Waals surface area contributed by atoms with Crippen LogP contribution < -0.4 is 0 Å². The predicted molar refractivity (Wildman–Crippen MR) is 183 cm³/mol. The quantitative estimate of drug-likeness (QED) is 0.172. The molecule has 0 bridgehead atoms. The van der Waals surface area contributed by atoms with E-state index in [1.807, 2.05) is 55.4 Å². The third-order valence-electron chi connectivity index (χ3n) is 9.15. The molecule has 9 heteroatoms. The lowest BCUT2D eigenvalue weighted by Gasteiger charge is -2.10. The molecule has 9 nitrogen and oxygen atoms in total. The molecule has 0 aliphatic heterocycles. The second-order valence-electron chi connectivity index (χ2n) is 12.1. The van der Waals surface area contributed by atoms with Crippen molar-refractivity contribution in [2.45, 2.75) is 104 Å². The zero-order chi connectivity index (χ0) is 33.5. The van der Waals surface area contributed by atoms with Gasteiger partial charge >= 0.3 is 0 Å². The van der Waals surface area contributed by atoms with Crippen LogP contribution in [0.5, 0.6) is 0 Å². The highest BCUT2D eigenvalue weighted by molar-refractivity contribution is 5.84. The Kier molecular flexibility index (Phi) is 9.51. The van der Waals surface area contributed by atoms with Crippen molar-refractivity contribution in [2.24, 2.45) is 0 Å². The summed E-state index contributed by atoms with van der Waals surface area (Å²) >= 11 is 0. The lowest BCUT2D eigenvalue weighted by Crippen LogP contribution is -2.01. The highest BCUT2D eigenvalue weighted by atomic mass is 15.1. The first-order valence-corrected chi connectivity index (χ1v) is 15.3. The van der Waals surface area contributed by atoms with E-state index >= 15 is 0 Å². The summed E-state index contributed by atoms with van der Waals surface area (Å²) in [7, 11) is 0. The van der Waals surface area contributed by atoms with E-state index in [0.717, 1.165) is 78.9 Å². The van der Waals surface area contributed by atoms with Gasteiger partial charge in [-0.05, 0) is 143 Å². The molecule has 0 saturated carbocycles. The summed E-state index contributed by atoms with van der Waals surface area (Å²) < 4.78 is 0. The van der Waals surface area contributed by atoms with Crippen molar-refractivity contribution < 1.29 is 0 Å². The smallest absolute Gasteiger partial charge is 0.182 e. The van der Waals surface area contributed by atoms with Gasteiger partial charge in [0.2, 0.25) is 0 Å². The maximum absolute atomic E-state index is 4.55. The number of hydrogen-bond donors (Lipinski definition) is 0. The minimum absolute atomic E-state index is 0.763. The summed E-state index contributed by atoms with van der Waals surface area (Å²) in [4.78, 5) is 31.2. The standard InChI is InChI=1S/3C12H15N3/c1-6-7(2)11-8(3)10(5)14-15-12(11)13-9(6)4;1-6-7(2)11-9(4)13-10(5)15-12(11)14-8(6)3;1-6-7(2)11-12(14-8(6)3)15-10(5)9(4)13-11/h3*1-5H3. The van der Waals surface area contributed by atoms with Gasteiger partial charge in [0.15, 0.2) is 16.9 Å². The zero-order valence-electron chi connectivity index (χ0n) is 29.5. The van der Waals surface area contributed by atoms with E-state index in [1.165, 1.54) is 38.9 Å². The van der Waals surface area contributed by atoms with Gasteiger partial charge in [0.05, 0.1) is 22.8 Å². The van der Waals surface area contributed by atoms with E-state index in [9.17, 15) is 0 Å². The molecular weight excluding hydrogens is 558 g/mol. The Bertz CT molecular complexity index is 2100. The Morgan fingerprint density at radius 3 is 1.33 bits per heavy atom. The van der Waals surface area contributed by atoms with Crippen LogP contribution in [0.4, 0.5) is 0 Å². The van der Waals surface area contributed by atoms with Crippen LogP contribution in [0.1, 0.15) is 84.6 Å². The van der Waals surface area contributed by atoms with Crippen LogP contribution in [0.25, 0.3) is 33.2 Å².